The standard InChI is InChI=1S/C8H15N3.3ClH/c1-3-8(7(2)9)11-5-4-10-6-11;;;/h4-8H,3,9H2,1-2H3;3*1H. The molecule has 0 spiro atoms. The molecule has 0 aliphatic carbocycles. The molecule has 0 fully saturated rings. The lowest BCUT2D eigenvalue weighted by Crippen LogP contribution is -2.28. The summed E-state index contributed by atoms with van der Waals surface area (Å²) in [6.45, 7) is 4.15. The molecule has 0 bridgehead atoms. The molecule has 3 nitrogen and oxygen atoms in total. The van der Waals surface area contributed by atoms with Gasteiger partial charge in [-0.3, -0.25) is 0 Å². The van der Waals surface area contributed by atoms with Crippen LogP contribution in [-0.2, 0) is 0 Å². The van der Waals surface area contributed by atoms with E-state index in [0.29, 0.717) is 6.04 Å². The zero-order valence-electron chi connectivity index (χ0n) is 8.29. The van der Waals surface area contributed by atoms with E-state index in [1.54, 1.807) is 6.20 Å². The van der Waals surface area contributed by atoms with E-state index in [2.05, 4.69) is 16.5 Å². The maximum Gasteiger partial charge on any atom is 0.0949 e. The van der Waals surface area contributed by atoms with Crippen LogP contribution in [0.4, 0.5) is 0 Å². The Labute approximate surface area is 104 Å². The minimum Gasteiger partial charge on any atom is -0.333 e. The van der Waals surface area contributed by atoms with E-state index >= 15 is 0 Å². The molecule has 1 rings (SSSR count). The monoisotopic (exact) mass is 261 g/mol. The number of aromatic nitrogens is 2. The van der Waals surface area contributed by atoms with Gasteiger partial charge < -0.3 is 10.3 Å². The van der Waals surface area contributed by atoms with Crippen LogP contribution in [-0.4, -0.2) is 15.6 Å². The average Bonchev–Trinajstić information content (AvgIpc) is 2.40. The summed E-state index contributed by atoms with van der Waals surface area (Å²) >= 11 is 0. The van der Waals surface area contributed by atoms with E-state index < -0.39 is 0 Å². The smallest absolute Gasteiger partial charge is 0.0949 e. The third kappa shape index (κ3) is 5.05. The van der Waals surface area contributed by atoms with Crippen LogP contribution in [0.3, 0.4) is 0 Å². The number of hydrogen-bond acceptors (Lipinski definition) is 2. The van der Waals surface area contributed by atoms with Crippen molar-refractivity contribution in [3.05, 3.63) is 18.7 Å². The van der Waals surface area contributed by atoms with Crippen molar-refractivity contribution in [2.45, 2.75) is 32.4 Å². The molecule has 1 aromatic heterocycles. The Kier molecular flexibility index (Phi) is 13.4. The summed E-state index contributed by atoms with van der Waals surface area (Å²) < 4.78 is 2.06. The van der Waals surface area contributed by atoms with Crippen LogP contribution in [0.2, 0.25) is 0 Å². The molecule has 0 aliphatic rings. The van der Waals surface area contributed by atoms with E-state index in [0.717, 1.165) is 6.42 Å². The first-order valence-corrected chi connectivity index (χ1v) is 3.98. The van der Waals surface area contributed by atoms with E-state index in [4.69, 9.17) is 5.73 Å². The van der Waals surface area contributed by atoms with Gasteiger partial charge in [-0.25, -0.2) is 4.98 Å². The van der Waals surface area contributed by atoms with Crippen LogP contribution in [0, 0.1) is 0 Å². The van der Waals surface area contributed by atoms with Crippen LogP contribution in [0.15, 0.2) is 18.7 Å². The summed E-state index contributed by atoms with van der Waals surface area (Å²) in [6, 6.07) is 0.576. The normalized spacial score (nSPS) is 12.8. The molecule has 1 heterocycles. The predicted octanol–water partition coefficient (Wildman–Crippen LogP) is 2.45. The highest BCUT2D eigenvalue weighted by molar-refractivity contribution is 5.86. The highest BCUT2D eigenvalue weighted by Crippen LogP contribution is 2.12. The van der Waals surface area contributed by atoms with Gasteiger partial charge in [0.2, 0.25) is 0 Å². The zero-order valence-corrected chi connectivity index (χ0v) is 10.7. The second-order valence-electron chi connectivity index (χ2n) is 2.84. The number of imidazole rings is 1. The maximum atomic E-state index is 5.79. The molecule has 0 saturated carbocycles. The van der Waals surface area contributed by atoms with Crippen molar-refractivity contribution in [1.29, 1.82) is 0 Å². The van der Waals surface area contributed by atoms with Gasteiger partial charge >= 0.3 is 0 Å². The molecule has 0 amide bonds. The molecule has 14 heavy (non-hydrogen) atoms. The van der Waals surface area contributed by atoms with Crippen LogP contribution in [0.1, 0.15) is 26.3 Å². The highest BCUT2D eigenvalue weighted by atomic mass is 35.5. The molecule has 2 N–H and O–H groups in total. The van der Waals surface area contributed by atoms with E-state index in [1.807, 2.05) is 19.4 Å². The Morgan fingerprint density at radius 3 is 2.21 bits per heavy atom. The second-order valence-corrected chi connectivity index (χ2v) is 2.84. The Morgan fingerprint density at radius 2 is 1.93 bits per heavy atom. The molecule has 2 atom stereocenters. The third-order valence-corrected chi connectivity index (χ3v) is 1.93. The number of hydrogen-bond donors (Lipinski definition) is 1. The summed E-state index contributed by atoms with van der Waals surface area (Å²) in [5.74, 6) is 0. The van der Waals surface area contributed by atoms with Crippen molar-refractivity contribution in [3.8, 4) is 0 Å². The first-order chi connectivity index (χ1) is 5.25. The fourth-order valence-electron chi connectivity index (χ4n) is 1.32. The molecule has 0 saturated heterocycles. The fraction of sp³-hybridized carbons (Fsp3) is 0.625. The third-order valence-electron chi connectivity index (χ3n) is 1.93. The largest absolute Gasteiger partial charge is 0.333 e. The van der Waals surface area contributed by atoms with E-state index in [-0.39, 0.29) is 43.3 Å². The van der Waals surface area contributed by atoms with Gasteiger partial charge in [0.25, 0.3) is 0 Å². The van der Waals surface area contributed by atoms with Crippen molar-refractivity contribution in [1.82, 2.24) is 9.55 Å². The quantitative estimate of drug-likeness (QED) is 0.909. The van der Waals surface area contributed by atoms with Gasteiger partial charge in [-0.15, -0.1) is 37.2 Å². The minimum atomic E-state index is 0. The lowest BCUT2D eigenvalue weighted by molar-refractivity contribution is 0.417. The van der Waals surface area contributed by atoms with Gasteiger partial charge in [0.05, 0.1) is 6.33 Å². The molecule has 1 aromatic rings. The lowest BCUT2D eigenvalue weighted by atomic mass is 10.1. The van der Waals surface area contributed by atoms with Gasteiger partial charge in [-0.1, -0.05) is 6.92 Å². The van der Waals surface area contributed by atoms with Crippen molar-refractivity contribution < 1.29 is 0 Å². The van der Waals surface area contributed by atoms with E-state index in [9.17, 15) is 0 Å². The van der Waals surface area contributed by atoms with Gasteiger partial charge in [0.1, 0.15) is 0 Å². The van der Waals surface area contributed by atoms with Crippen molar-refractivity contribution >= 4 is 37.2 Å². The summed E-state index contributed by atoms with van der Waals surface area (Å²) in [5.41, 5.74) is 5.79. The first kappa shape index (κ1) is 19.6. The van der Waals surface area contributed by atoms with Crippen molar-refractivity contribution in [2.24, 2.45) is 5.73 Å². The zero-order chi connectivity index (χ0) is 8.27. The summed E-state index contributed by atoms with van der Waals surface area (Å²) in [4.78, 5) is 3.98. The molecule has 2 unspecified atom stereocenters. The molecular weight excluding hydrogens is 244 g/mol. The lowest BCUT2D eigenvalue weighted by Gasteiger charge is -2.19. The van der Waals surface area contributed by atoms with Crippen molar-refractivity contribution in [2.75, 3.05) is 0 Å². The number of nitrogens with two attached hydrogens (primary N) is 1. The van der Waals surface area contributed by atoms with Crippen molar-refractivity contribution in [3.63, 3.8) is 0 Å². The Bertz CT molecular complexity index is 202. The minimum absolute atomic E-state index is 0. The summed E-state index contributed by atoms with van der Waals surface area (Å²) in [7, 11) is 0. The Balaban J connectivity index is -0.000000403. The summed E-state index contributed by atoms with van der Waals surface area (Å²) in [6.07, 6.45) is 6.61. The molecule has 0 aliphatic heterocycles. The number of rotatable bonds is 3. The van der Waals surface area contributed by atoms with Crippen LogP contribution in [0.5, 0.6) is 0 Å². The first-order valence-electron chi connectivity index (χ1n) is 3.98. The summed E-state index contributed by atoms with van der Waals surface area (Å²) in [5, 5.41) is 0. The number of nitrogens with zero attached hydrogens (tertiary/aromatic N) is 2. The van der Waals surface area contributed by atoms with Gasteiger partial charge in [-0.05, 0) is 13.3 Å². The Hall–Kier alpha value is 0.0400. The van der Waals surface area contributed by atoms with Gasteiger partial charge in [-0.2, -0.15) is 0 Å². The van der Waals surface area contributed by atoms with Gasteiger partial charge in [0.15, 0.2) is 0 Å². The van der Waals surface area contributed by atoms with Crippen LogP contribution >= 0.6 is 37.2 Å². The molecular formula is C8H18Cl3N3. The maximum absolute atomic E-state index is 5.79. The predicted molar refractivity (Wildman–Crippen MR) is 66.9 cm³/mol. The Morgan fingerprint density at radius 1 is 1.36 bits per heavy atom. The van der Waals surface area contributed by atoms with Crippen LogP contribution in [0.25, 0.3) is 0 Å². The average molecular weight is 263 g/mol. The second kappa shape index (κ2) is 9.59. The molecule has 0 aromatic carbocycles. The molecule has 0 radical (unpaired) electrons. The van der Waals surface area contributed by atoms with E-state index in [1.165, 1.54) is 0 Å². The highest BCUT2D eigenvalue weighted by Gasteiger charge is 2.11. The van der Waals surface area contributed by atoms with Gasteiger partial charge in [0, 0.05) is 24.5 Å². The molecule has 86 valence electrons. The fourth-order valence-corrected chi connectivity index (χ4v) is 1.32. The molecule has 6 heteroatoms. The number of halogens is 3. The topological polar surface area (TPSA) is 43.8 Å². The SMILES string of the molecule is CCC(C(C)N)n1ccnc1.Cl.Cl.Cl. The van der Waals surface area contributed by atoms with Crippen LogP contribution < -0.4 is 5.73 Å².